The molecule has 0 spiro atoms. The summed E-state index contributed by atoms with van der Waals surface area (Å²) in [4.78, 5) is 0. The standard InChI is InChI=1S/C13H20N2/c1-15-13(7-4-8-14)9-11-5-2-3-6-12(11)10-13/h2-3,5-6,15H,4,7-10,14H2,1H3. The highest BCUT2D eigenvalue weighted by atomic mass is 14.9. The van der Waals surface area contributed by atoms with Gasteiger partial charge in [0.05, 0.1) is 0 Å². The second-order valence-electron chi connectivity index (χ2n) is 4.54. The second-order valence-corrected chi connectivity index (χ2v) is 4.54. The average molecular weight is 204 g/mol. The van der Waals surface area contributed by atoms with Gasteiger partial charge >= 0.3 is 0 Å². The molecule has 2 nitrogen and oxygen atoms in total. The predicted molar refractivity (Wildman–Crippen MR) is 63.9 cm³/mol. The van der Waals surface area contributed by atoms with Gasteiger partial charge in [0.25, 0.3) is 0 Å². The molecular formula is C13H20N2. The van der Waals surface area contributed by atoms with Crippen molar-refractivity contribution in [2.24, 2.45) is 5.73 Å². The van der Waals surface area contributed by atoms with Gasteiger partial charge in [-0.1, -0.05) is 24.3 Å². The van der Waals surface area contributed by atoms with E-state index in [0.717, 1.165) is 25.8 Å². The fourth-order valence-electron chi connectivity index (χ4n) is 2.61. The quantitative estimate of drug-likeness (QED) is 0.779. The topological polar surface area (TPSA) is 38.0 Å². The maximum atomic E-state index is 5.60. The van der Waals surface area contributed by atoms with Crippen molar-refractivity contribution in [3.8, 4) is 0 Å². The van der Waals surface area contributed by atoms with Crippen LogP contribution in [0.2, 0.25) is 0 Å². The molecule has 0 aliphatic heterocycles. The highest BCUT2D eigenvalue weighted by molar-refractivity contribution is 5.36. The third kappa shape index (κ3) is 2.06. The molecule has 2 rings (SSSR count). The first kappa shape index (κ1) is 10.7. The van der Waals surface area contributed by atoms with E-state index in [1.807, 2.05) is 0 Å². The smallest absolute Gasteiger partial charge is 0.0259 e. The fraction of sp³-hybridized carbons (Fsp3) is 0.538. The first-order valence-electron chi connectivity index (χ1n) is 5.75. The molecule has 0 radical (unpaired) electrons. The van der Waals surface area contributed by atoms with Crippen LogP contribution in [-0.2, 0) is 12.8 Å². The van der Waals surface area contributed by atoms with Crippen molar-refractivity contribution in [3.05, 3.63) is 35.4 Å². The van der Waals surface area contributed by atoms with Crippen molar-refractivity contribution in [1.29, 1.82) is 0 Å². The summed E-state index contributed by atoms with van der Waals surface area (Å²) in [6.07, 6.45) is 4.59. The largest absolute Gasteiger partial charge is 0.330 e. The first-order valence-corrected chi connectivity index (χ1v) is 5.75. The Morgan fingerprint density at radius 3 is 2.33 bits per heavy atom. The van der Waals surface area contributed by atoms with Gasteiger partial charge in [0, 0.05) is 5.54 Å². The molecular weight excluding hydrogens is 184 g/mol. The number of hydrogen-bond acceptors (Lipinski definition) is 2. The maximum absolute atomic E-state index is 5.60. The number of nitrogens with one attached hydrogen (secondary N) is 1. The molecule has 0 saturated carbocycles. The van der Waals surface area contributed by atoms with Crippen LogP contribution in [-0.4, -0.2) is 19.1 Å². The van der Waals surface area contributed by atoms with Crippen LogP contribution < -0.4 is 11.1 Å². The van der Waals surface area contributed by atoms with Gasteiger partial charge in [-0.05, 0) is 50.4 Å². The zero-order valence-corrected chi connectivity index (χ0v) is 9.42. The van der Waals surface area contributed by atoms with Crippen LogP contribution >= 0.6 is 0 Å². The lowest BCUT2D eigenvalue weighted by Gasteiger charge is -2.28. The summed E-state index contributed by atoms with van der Waals surface area (Å²) in [5, 5.41) is 3.50. The third-order valence-corrected chi connectivity index (χ3v) is 3.57. The van der Waals surface area contributed by atoms with Crippen LogP contribution in [0.4, 0.5) is 0 Å². The summed E-state index contributed by atoms with van der Waals surface area (Å²) in [6.45, 7) is 0.791. The zero-order chi connectivity index (χ0) is 10.7. The monoisotopic (exact) mass is 204 g/mol. The third-order valence-electron chi connectivity index (χ3n) is 3.57. The van der Waals surface area contributed by atoms with E-state index in [1.165, 1.54) is 17.5 Å². The van der Waals surface area contributed by atoms with Gasteiger partial charge in [0.15, 0.2) is 0 Å². The van der Waals surface area contributed by atoms with Gasteiger partial charge in [-0.25, -0.2) is 0 Å². The Bertz CT molecular complexity index is 308. The highest BCUT2D eigenvalue weighted by Gasteiger charge is 2.34. The Hall–Kier alpha value is -0.860. The molecule has 1 aliphatic carbocycles. The molecule has 1 aromatic carbocycles. The molecule has 0 fully saturated rings. The van der Waals surface area contributed by atoms with E-state index in [2.05, 4.69) is 36.6 Å². The molecule has 0 saturated heterocycles. The SMILES string of the molecule is CNC1(CCCN)Cc2ccccc2C1. The Morgan fingerprint density at radius 1 is 1.27 bits per heavy atom. The van der Waals surface area contributed by atoms with E-state index < -0.39 is 0 Å². The van der Waals surface area contributed by atoms with Gasteiger partial charge in [-0.2, -0.15) is 0 Å². The Kier molecular flexibility index (Phi) is 3.08. The molecule has 0 atom stereocenters. The minimum atomic E-state index is 0.267. The lowest BCUT2D eigenvalue weighted by atomic mass is 9.90. The van der Waals surface area contributed by atoms with Gasteiger partial charge in [0.1, 0.15) is 0 Å². The molecule has 0 aromatic heterocycles. The number of rotatable bonds is 4. The Morgan fingerprint density at radius 2 is 1.87 bits per heavy atom. The van der Waals surface area contributed by atoms with Crippen molar-refractivity contribution >= 4 is 0 Å². The van der Waals surface area contributed by atoms with Crippen molar-refractivity contribution in [2.75, 3.05) is 13.6 Å². The molecule has 1 aromatic rings. The second kappa shape index (κ2) is 4.33. The summed E-state index contributed by atoms with van der Waals surface area (Å²) >= 11 is 0. The van der Waals surface area contributed by atoms with Crippen LogP contribution in [0, 0.1) is 0 Å². The van der Waals surface area contributed by atoms with Crippen molar-refractivity contribution in [2.45, 2.75) is 31.2 Å². The van der Waals surface area contributed by atoms with Gasteiger partial charge in [0.2, 0.25) is 0 Å². The van der Waals surface area contributed by atoms with Crippen LogP contribution in [0.25, 0.3) is 0 Å². The molecule has 3 N–H and O–H groups in total. The summed E-state index contributed by atoms with van der Waals surface area (Å²) < 4.78 is 0. The van der Waals surface area contributed by atoms with E-state index in [0.29, 0.717) is 0 Å². The van der Waals surface area contributed by atoms with Crippen LogP contribution in [0.1, 0.15) is 24.0 Å². The van der Waals surface area contributed by atoms with Crippen LogP contribution in [0.5, 0.6) is 0 Å². The summed E-state index contributed by atoms with van der Waals surface area (Å²) in [6, 6.07) is 8.76. The number of fused-ring (bicyclic) bond motifs is 1. The van der Waals surface area contributed by atoms with Crippen molar-refractivity contribution in [1.82, 2.24) is 5.32 Å². The molecule has 0 bridgehead atoms. The molecule has 2 heteroatoms. The summed E-state index contributed by atoms with van der Waals surface area (Å²) in [7, 11) is 2.07. The lowest BCUT2D eigenvalue weighted by Crippen LogP contribution is -2.44. The minimum absolute atomic E-state index is 0.267. The molecule has 0 unspecified atom stereocenters. The van der Waals surface area contributed by atoms with Gasteiger partial charge < -0.3 is 11.1 Å². The van der Waals surface area contributed by atoms with Gasteiger partial charge in [-0.15, -0.1) is 0 Å². The summed E-state index contributed by atoms with van der Waals surface area (Å²) in [5.41, 5.74) is 8.87. The van der Waals surface area contributed by atoms with Crippen LogP contribution in [0.3, 0.4) is 0 Å². The van der Waals surface area contributed by atoms with Gasteiger partial charge in [-0.3, -0.25) is 0 Å². The normalized spacial score (nSPS) is 17.7. The zero-order valence-electron chi connectivity index (χ0n) is 9.42. The Labute approximate surface area is 91.9 Å². The molecule has 82 valence electrons. The molecule has 1 aliphatic rings. The highest BCUT2D eigenvalue weighted by Crippen LogP contribution is 2.32. The maximum Gasteiger partial charge on any atom is 0.0259 e. The minimum Gasteiger partial charge on any atom is -0.330 e. The first-order chi connectivity index (χ1) is 7.29. The number of likely N-dealkylation sites (N-methyl/N-ethyl adjacent to an activating group) is 1. The van der Waals surface area contributed by atoms with Crippen molar-refractivity contribution in [3.63, 3.8) is 0 Å². The van der Waals surface area contributed by atoms with E-state index in [9.17, 15) is 0 Å². The molecule has 15 heavy (non-hydrogen) atoms. The van der Waals surface area contributed by atoms with Crippen LogP contribution in [0.15, 0.2) is 24.3 Å². The number of nitrogens with two attached hydrogens (primary N) is 1. The molecule has 0 amide bonds. The van der Waals surface area contributed by atoms with E-state index in [-0.39, 0.29) is 5.54 Å². The van der Waals surface area contributed by atoms with E-state index in [4.69, 9.17) is 5.73 Å². The number of benzene rings is 1. The van der Waals surface area contributed by atoms with E-state index in [1.54, 1.807) is 0 Å². The number of hydrogen-bond donors (Lipinski definition) is 2. The summed E-state index contributed by atoms with van der Waals surface area (Å²) in [5.74, 6) is 0. The Balaban J connectivity index is 2.14. The van der Waals surface area contributed by atoms with E-state index >= 15 is 0 Å². The average Bonchev–Trinajstić information content (AvgIpc) is 2.65. The molecule has 0 heterocycles. The van der Waals surface area contributed by atoms with Crippen molar-refractivity contribution < 1.29 is 0 Å². The lowest BCUT2D eigenvalue weighted by molar-refractivity contribution is 0.334. The fourth-order valence-corrected chi connectivity index (χ4v) is 2.61. The predicted octanol–water partition coefficient (Wildman–Crippen LogP) is 1.48.